The number of aromatic nitrogens is 1. The van der Waals surface area contributed by atoms with E-state index in [1.54, 1.807) is 19.2 Å². The minimum absolute atomic E-state index is 0.0378. The van der Waals surface area contributed by atoms with E-state index in [0.29, 0.717) is 16.2 Å². The van der Waals surface area contributed by atoms with Crippen LogP contribution in [-0.4, -0.2) is 42.6 Å². The smallest absolute Gasteiger partial charge is 0.348 e. The van der Waals surface area contributed by atoms with Crippen molar-refractivity contribution in [3.8, 4) is 17.0 Å². The van der Waals surface area contributed by atoms with Gasteiger partial charge in [0.25, 0.3) is 0 Å². The van der Waals surface area contributed by atoms with E-state index < -0.39 is 11.6 Å². The van der Waals surface area contributed by atoms with Crippen LogP contribution in [0.25, 0.3) is 21.5 Å². The molecule has 0 bridgehead atoms. The summed E-state index contributed by atoms with van der Waals surface area (Å²) in [6.45, 7) is 5.48. The lowest BCUT2D eigenvalue weighted by Crippen LogP contribution is -2.23. The Labute approximate surface area is 215 Å². The number of esters is 2. The molecule has 2 aromatic heterocycles. The van der Waals surface area contributed by atoms with Crippen LogP contribution >= 0.6 is 11.3 Å². The number of hydrogen-bond donors (Lipinski definition) is 0. The number of aldehydes is 1. The lowest BCUT2D eigenvalue weighted by atomic mass is 9.82. The molecule has 7 nitrogen and oxygen atoms in total. The second-order valence-corrected chi connectivity index (χ2v) is 11.2. The normalized spacial score (nSPS) is 14.6. The molecular weight excluding hydrogens is 478 g/mol. The first kappa shape index (κ1) is 25.9. The van der Waals surface area contributed by atoms with Gasteiger partial charge in [-0.25, -0.2) is 4.79 Å². The van der Waals surface area contributed by atoms with Crippen LogP contribution in [0.1, 0.15) is 84.4 Å². The van der Waals surface area contributed by atoms with Crippen molar-refractivity contribution in [1.29, 1.82) is 0 Å². The van der Waals surface area contributed by atoms with Crippen LogP contribution in [0.15, 0.2) is 24.3 Å². The molecule has 0 amide bonds. The van der Waals surface area contributed by atoms with Gasteiger partial charge >= 0.3 is 11.9 Å². The maximum Gasteiger partial charge on any atom is 0.348 e. The fourth-order valence-corrected chi connectivity index (χ4v) is 6.14. The molecule has 1 aliphatic carbocycles. The summed E-state index contributed by atoms with van der Waals surface area (Å²) in [6, 6.07) is 7.21. The molecular formula is C28H33NO6S. The summed E-state index contributed by atoms with van der Waals surface area (Å²) in [7, 11) is 2.92. The first-order valence-electron chi connectivity index (χ1n) is 12.3. The van der Waals surface area contributed by atoms with Gasteiger partial charge in [-0.2, -0.15) is 0 Å². The van der Waals surface area contributed by atoms with Gasteiger partial charge in [-0.05, 0) is 69.4 Å². The Kier molecular flexibility index (Phi) is 7.54. The van der Waals surface area contributed by atoms with Gasteiger partial charge in [-0.1, -0.05) is 19.3 Å². The van der Waals surface area contributed by atoms with Crippen LogP contribution in [0.5, 0.6) is 5.75 Å². The minimum Gasteiger partial charge on any atom is -0.497 e. The minimum atomic E-state index is -0.619. The predicted octanol–water partition coefficient (Wildman–Crippen LogP) is 6.37. The second kappa shape index (κ2) is 10.5. The zero-order valence-electron chi connectivity index (χ0n) is 21.5. The van der Waals surface area contributed by atoms with E-state index in [0.717, 1.165) is 59.0 Å². The number of carbonyl (C=O) groups excluding carboxylic acids is 3. The number of nitrogens with zero attached hydrogens (tertiary/aromatic N) is 1. The molecule has 0 N–H and O–H groups in total. The van der Waals surface area contributed by atoms with Crippen LogP contribution in [-0.2, 0) is 20.8 Å². The summed E-state index contributed by atoms with van der Waals surface area (Å²) in [5, 5.41) is 0. The predicted molar refractivity (Wildman–Crippen MR) is 140 cm³/mol. The maximum absolute atomic E-state index is 13.0. The van der Waals surface area contributed by atoms with Crippen LogP contribution in [0.2, 0.25) is 0 Å². The molecule has 2 heterocycles. The van der Waals surface area contributed by atoms with Crippen LogP contribution < -0.4 is 4.74 Å². The van der Waals surface area contributed by atoms with E-state index >= 15 is 0 Å². The first-order chi connectivity index (χ1) is 17.2. The van der Waals surface area contributed by atoms with Gasteiger partial charge in [0.05, 0.1) is 30.1 Å². The van der Waals surface area contributed by atoms with Crippen LogP contribution in [0.3, 0.4) is 0 Å². The van der Waals surface area contributed by atoms with E-state index in [2.05, 4.69) is 0 Å². The van der Waals surface area contributed by atoms with Gasteiger partial charge < -0.3 is 18.8 Å². The highest BCUT2D eigenvalue weighted by Gasteiger charge is 2.31. The highest BCUT2D eigenvalue weighted by Crippen LogP contribution is 2.47. The van der Waals surface area contributed by atoms with Crippen molar-refractivity contribution in [3.63, 3.8) is 0 Å². The molecule has 8 heteroatoms. The third kappa shape index (κ3) is 5.19. The molecule has 4 rings (SSSR count). The molecule has 36 heavy (non-hydrogen) atoms. The largest absolute Gasteiger partial charge is 0.497 e. The van der Waals surface area contributed by atoms with Crippen molar-refractivity contribution >= 4 is 39.8 Å². The summed E-state index contributed by atoms with van der Waals surface area (Å²) >= 11 is 1.39. The highest BCUT2D eigenvalue weighted by molar-refractivity contribution is 7.21. The third-order valence-corrected chi connectivity index (χ3v) is 7.68. The number of ether oxygens (including phenoxy) is 3. The van der Waals surface area contributed by atoms with E-state index in [1.165, 1.54) is 24.9 Å². The van der Waals surface area contributed by atoms with E-state index in [-0.39, 0.29) is 18.4 Å². The summed E-state index contributed by atoms with van der Waals surface area (Å²) < 4.78 is 18.9. The molecule has 0 aliphatic heterocycles. The van der Waals surface area contributed by atoms with Gasteiger partial charge in [0.15, 0.2) is 6.29 Å². The van der Waals surface area contributed by atoms with Crippen LogP contribution in [0, 0.1) is 0 Å². The zero-order valence-corrected chi connectivity index (χ0v) is 22.3. The maximum atomic E-state index is 13.0. The number of benzene rings is 1. The number of rotatable bonds is 7. The average molecular weight is 512 g/mol. The molecule has 1 saturated carbocycles. The summed E-state index contributed by atoms with van der Waals surface area (Å²) in [6.07, 6.45) is 6.25. The van der Waals surface area contributed by atoms with E-state index in [9.17, 15) is 14.4 Å². The Hall–Kier alpha value is -3.13. The molecule has 3 aromatic rings. The van der Waals surface area contributed by atoms with Crippen molar-refractivity contribution in [2.24, 2.45) is 0 Å². The quantitative estimate of drug-likeness (QED) is 0.271. The SMILES string of the molecule is COC(=O)Cn1c(-c2ccc(OC)cc2C=O)c(C2CCCCC2)c2sc(C(=O)OC(C)(C)C)cc21. The van der Waals surface area contributed by atoms with Crippen LogP contribution in [0.4, 0.5) is 0 Å². The third-order valence-electron chi connectivity index (χ3n) is 6.54. The lowest BCUT2D eigenvalue weighted by molar-refractivity contribution is -0.141. The van der Waals surface area contributed by atoms with Gasteiger partial charge in [0.1, 0.15) is 22.8 Å². The Morgan fingerprint density at radius 1 is 1.11 bits per heavy atom. The highest BCUT2D eigenvalue weighted by atomic mass is 32.1. The van der Waals surface area contributed by atoms with Gasteiger partial charge in [0, 0.05) is 11.1 Å². The van der Waals surface area contributed by atoms with Gasteiger partial charge in [0.2, 0.25) is 0 Å². The monoisotopic (exact) mass is 511 g/mol. The molecule has 0 saturated heterocycles. The zero-order chi connectivity index (χ0) is 26.0. The van der Waals surface area contributed by atoms with Gasteiger partial charge in [-0.15, -0.1) is 11.3 Å². The first-order valence-corrected chi connectivity index (χ1v) is 13.1. The average Bonchev–Trinajstić information content (AvgIpc) is 3.41. The Balaban J connectivity index is 2.01. The molecule has 0 spiro atoms. The second-order valence-electron chi connectivity index (χ2n) is 10.2. The standard InChI is InChI=1S/C28H33NO6S/c1-28(2,3)35-27(32)22-14-21-26(36-22)24(17-9-7-6-8-10-17)25(29(21)15-23(31)34-5)20-12-11-19(33-4)13-18(20)16-30/h11-14,16-17H,6-10,15H2,1-5H3. The van der Waals surface area contributed by atoms with Crippen molar-refractivity contribution in [2.75, 3.05) is 14.2 Å². The molecule has 1 aromatic carbocycles. The molecule has 1 aliphatic rings. The van der Waals surface area contributed by atoms with Crippen molar-refractivity contribution in [2.45, 2.75) is 70.9 Å². The molecule has 1 fully saturated rings. The fraction of sp³-hybridized carbons (Fsp3) is 0.464. The lowest BCUT2D eigenvalue weighted by Gasteiger charge is -2.24. The Morgan fingerprint density at radius 2 is 1.83 bits per heavy atom. The van der Waals surface area contributed by atoms with Crippen molar-refractivity contribution in [3.05, 3.63) is 40.3 Å². The Morgan fingerprint density at radius 3 is 2.44 bits per heavy atom. The number of thiophene rings is 1. The molecule has 0 unspecified atom stereocenters. The topological polar surface area (TPSA) is 83.8 Å². The van der Waals surface area contributed by atoms with E-state index in [4.69, 9.17) is 14.2 Å². The summed E-state index contributed by atoms with van der Waals surface area (Å²) in [5.41, 5.74) is 3.28. The number of hydrogen-bond acceptors (Lipinski definition) is 7. The number of carbonyl (C=O) groups is 3. The summed E-state index contributed by atoms with van der Waals surface area (Å²) in [5.74, 6) is 0.0408. The molecule has 0 atom stereocenters. The molecule has 192 valence electrons. The van der Waals surface area contributed by atoms with Crippen molar-refractivity contribution < 1.29 is 28.6 Å². The fourth-order valence-electron chi connectivity index (χ4n) is 4.98. The van der Waals surface area contributed by atoms with E-state index in [1.807, 2.05) is 37.5 Å². The van der Waals surface area contributed by atoms with Gasteiger partial charge in [-0.3, -0.25) is 9.59 Å². The summed E-state index contributed by atoms with van der Waals surface area (Å²) in [4.78, 5) is 38.2. The number of fused-ring (bicyclic) bond motifs is 1. The number of methoxy groups -OCH3 is 2. The molecule has 0 radical (unpaired) electrons. The Bertz CT molecular complexity index is 1290. The van der Waals surface area contributed by atoms with Crippen molar-refractivity contribution in [1.82, 2.24) is 4.57 Å².